The van der Waals surface area contributed by atoms with Crippen LogP contribution in [0.2, 0.25) is 10.0 Å². The molecule has 0 aromatic heterocycles. The van der Waals surface area contributed by atoms with E-state index in [2.05, 4.69) is 5.32 Å². The van der Waals surface area contributed by atoms with Crippen LogP contribution in [0.15, 0.2) is 42.5 Å². The Kier molecular flexibility index (Phi) is 9.87. The van der Waals surface area contributed by atoms with Crippen LogP contribution in [0.4, 0.5) is 11.4 Å². The zero-order valence-corrected chi connectivity index (χ0v) is 21.7. The first-order valence-electron chi connectivity index (χ1n) is 10.6. The Morgan fingerprint density at radius 1 is 1.11 bits per heavy atom. The lowest BCUT2D eigenvalue weighted by molar-refractivity contribution is -0.384. The van der Waals surface area contributed by atoms with Crippen LogP contribution in [0.1, 0.15) is 25.8 Å². The van der Waals surface area contributed by atoms with Crippen molar-refractivity contribution in [3.8, 4) is 0 Å². The number of carbonyl (C=O) groups excluding carboxylic acids is 2. The van der Waals surface area contributed by atoms with Gasteiger partial charge in [-0.05, 0) is 31.5 Å². The van der Waals surface area contributed by atoms with Gasteiger partial charge in [-0.1, -0.05) is 42.3 Å². The first kappa shape index (κ1) is 28.3. The van der Waals surface area contributed by atoms with Gasteiger partial charge in [0.25, 0.3) is 5.69 Å². The summed E-state index contributed by atoms with van der Waals surface area (Å²) in [5.41, 5.74) is 0.00193. The molecule has 10 nitrogen and oxygen atoms in total. The van der Waals surface area contributed by atoms with Crippen LogP contribution in [0.5, 0.6) is 0 Å². The van der Waals surface area contributed by atoms with Crippen LogP contribution in [0.25, 0.3) is 0 Å². The van der Waals surface area contributed by atoms with Crippen molar-refractivity contribution >= 4 is 56.4 Å². The quantitative estimate of drug-likeness (QED) is 0.339. The SMILES string of the molecule is CCNC(=O)[C@H](CC)N(Cc1c(Cl)cccc1Cl)C(=O)CN(c1cccc([N+](=O)[O-])c1)S(C)(=O)=O. The average Bonchev–Trinajstić information content (AvgIpc) is 2.78. The van der Waals surface area contributed by atoms with Crippen molar-refractivity contribution in [1.29, 1.82) is 0 Å². The second kappa shape index (κ2) is 12.2. The molecule has 0 aliphatic carbocycles. The lowest BCUT2D eigenvalue weighted by Gasteiger charge is -2.33. The number of nitrogens with one attached hydrogen (secondary N) is 1. The highest BCUT2D eigenvalue weighted by Crippen LogP contribution is 2.28. The van der Waals surface area contributed by atoms with E-state index in [9.17, 15) is 28.1 Å². The third-order valence-electron chi connectivity index (χ3n) is 5.13. The molecule has 13 heteroatoms. The molecule has 0 unspecified atom stereocenters. The largest absolute Gasteiger partial charge is 0.355 e. The second-order valence-corrected chi connectivity index (χ2v) is 10.3. The minimum atomic E-state index is -4.03. The van der Waals surface area contributed by atoms with Crippen LogP contribution < -0.4 is 9.62 Å². The molecular formula is C22H26Cl2N4O6S. The van der Waals surface area contributed by atoms with Crippen molar-refractivity contribution in [1.82, 2.24) is 10.2 Å². The average molecular weight is 545 g/mol. The molecule has 2 aromatic carbocycles. The monoisotopic (exact) mass is 544 g/mol. The summed E-state index contributed by atoms with van der Waals surface area (Å²) in [7, 11) is -4.03. The second-order valence-electron chi connectivity index (χ2n) is 7.59. The van der Waals surface area contributed by atoms with E-state index in [0.29, 0.717) is 12.1 Å². The van der Waals surface area contributed by atoms with Gasteiger partial charge in [0.15, 0.2) is 0 Å². The highest BCUT2D eigenvalue weighted by atomic mass is 35.5. The predicted octanol–water partition coefficient (Wildman–Crippen LogP) is 3.61. The van der Waals surface area contributed by atoms with Crippen LogP contribution in [0, 0.1) is 10.1 Å². The lowest BCUT2D eigenvalue weighted by atomic mass is 10.1. The summed E-state index contributed by atoms with van der Waals surface area (Å²) in [4.78, 5) is 38.1. The van der Waals surface area contributed by atoms with Crippen molar-refractivity contribution in [3.63, 3.8) is 0 Å². The van der Waals surface area contributed by atoms with Crippen molar-refractivity contribution in [3.05, 3.63) is 68.2 Å². The van der Waals surface area contributed by atoms with Gasteiger partial charge in [0.05, 0.1) is 16.9 Å². The molecule has 0 bridgehead atoms. The first-order valence-corrected chi connectivity index (χ1v) is 13.2. The van der Waals surface area contributed by atoms with E-state index in [-0.39, 0.29) is 34.4 Å². The Morgan fingerprint density at radius 2 is 1.71 bits per heavy atom. The van der Waals surface area contributed by atoms with Crippen molar-refractivity contribution in [2.75, 3.05) is 23.7 Å². The molecule has 1 atom stereocenters. The third-order valence-corrected chi connectivity index (χ3v) is 6.98. The Morgan fingerprint density at radius 3 is 2.23 bits per heavy atom. The predicted molar refractivity (Wildman–Crippen MR) is 135 cm³/mol. The summed E-state index contributed by atoms with van der Waals surface area (Å²) in [6.07, 6.45) is 1.12. The van der Waals surface area contributed by atoms with Gasteiger partial charge in [0.1, 0.15) is 12.6 Å². The molecule has 0 aliphatic heterocycles. The van der Waals surface area contributed by atoms with Gasteiger partial charge in [-0.3, -0.25) is 24.0 Å². The zero-order chi connectivity index (χ0) is 26.3. The van der Waals surface area contributed by atoms with E-state index in [1.54, 1.807) is 32.0 Å². The topological polar surface area (TPSA) is 130 Å². The van der Waals surface area contributed by atoms with Gasteiger partial charge in [-0.2, -0.15) is 0 Å². The highest BCUT2D eigenvalue weighted by Gasteiger charge is 2.32. The Hall–Kier alpha value is -2.89. The number of halogens is 2. The molecule has 0 radical (unpaired) electrons. The summed E-state index contributed by atoms with van der Waals surface area (Å²) >= 11 is 12.6. The normalized spacial score (nSPS) is 12.0. The van der Waals surface area contributed by atoms with E-state index in [1.807, 2.05) is 0 Å². The van der Waals surface area contributed by atoms with E-state index >= 15 is 0 Å². The summed E-state index contributed by atoms with van der Waals surface area (Å²) in [6, 6.07) is 8.80. The number of non-ortho nitro benzene ring substituents is 1. The molecule has 2 amide bonds. The van der Waals surface area contributed by atoms with Gasteiger partial charge in [0.2, 0.25) is 21.8 Å². The van der Waals surface area contributed by atoms with Gasteiger partial charge in [-0.15, -0.1) is 0 Å². The van der Waals surface area contributed by atoms with Gasteiger partial charge < -0.3 is 10.2 Å². The molecule has 190 valence electrons. The minimum Gasteiger partial charge on any atom is -0.355 e. The summed E-state index contributed by atoms with van der Waals surface area (Å²) in [5, 5.41) is 14.4. The van der Waals surface area contributed by atoms with Crippen LogP contribution >= 0.6 is 23.2 Å². The smallest absolute Gasteiger partial charge is 0.271 e. The molecule has 35 heavy (non-hydrogen) atoms. The van der Waals surface area contributed by atoms with Gasteiger partial charge >= 0.3 is 0 Å². The number of nitrogens with zero attached hydrogens (tertiary/aromatic N) is 3. The number of amides is 2. The summed E-state index contributed by atoms with van der Waals surface area (Å²) < 4.78 is 25.9. The minimum absolute atomic E-state index is 0.0585. The number of sulfonamides is 1. The maximum Gasteiger partial charge on any atom is 0.271 e. The Labute approximate surface area is 214 Å². The van der Waals surface area contributed by atoms with Crippen LogP contribution in [-0.2, 0) is 26.2 Å². The molecule has 0 heterocycles. The Balaban J connectivity index is 2.53. The van der Waals surface area contributed by atoms with Gasteiger partial charge in [-0.25, -0.2) is 8.42 Å². The van der Waals surface area contributed by atoms with Crippen molar-refractivity contribution in [2.45, 2.75) is 32.9 Å². The number of anilines is 1. The maximum absolute atomic E-state index is 13.5. The molecule has 0 aliphatic rings. The molecule has 0 saturated carbocycles. The fourth-order valence-corrected chi connectivity index (χ4v) is 4.80. The first-order chi connectivity index (χ1) is 16.4. The number of nitro benzene ring substituents is 1. The van der Waals surface area contributed by atoms with Crippen molar-refractivity contribution < 1.29 is 22.9 Å². The van der Waals surface area contributed by atoms with Gasteiger partial charge in [0, 0.05) is 40.8 Å². The lowest BCUT2D eigenvalue weighted by Crippen LogP contribution is -2.52. The number of hydrogen-bond acceptors (Lipinski definition) is 6. The molecule has 0 fully saturated rings. The van der Waals surface area contributed by atoms with Crippen LogP contribution in [0.3, 0.4) is 0 Å². The third kappa shape index (κ3) is 7.30. The number of hydrogen-bond donors (Lipinski definition) is 1. The number of carbonyl (C=O) groups is 2. The highest BCUT2D eigenvalue weighted by molar-refractivity contribution is 7.92. The standard InChI is InChI=1S/C22H26Cl2N4O6S/c1-4-20(22(30)25-5-2)26(13-17-18(23)10-7-11-19(17)24)21(29)14-27(35(3,33)34)15-8-6-9-16(12-15)28(31)32/h6-12,20H,4-5,13-14H2,1-3H3,(H,25,30)/t20-/m0/s1. The molecular weight excluding hydrogens is 519 g/mol. The fourth-order valence-electron chi connectivity index (χ4n) is 3.44. The van der Waals surface area contributed by atoms with E-state index in [4.69, 9.17) is 23.2 Å². The summed E-state index contributed by atoms with van der Waals surface area (Å²) in [5.74, 6) is -1.14. The number of likely N-dealkylation sites (N-methyl/N-ethyl adjacent to an activating group) is 1. The molecule has 1 N–H and O–H groups in total. The molecule has 0 spiro atoms. The van der Waals surface area contributed by atoms with E-state index in [1.165, 1.54) is 23.1 Å². The number of nitro groups is 1. The fraction of sp³-hybridized carbons (Fsp3) is 0.364. The summed E-state index contributed by atoms with van der Waals surface area (Å²) in [6.45, 7) is 2.92. The van der Waals surface area contributed by atoms with Crippen molar-refractivity contribution in [2.24, 2.45) is 0 Å². The molecule has 0 saturated heterocycles. The molecule has 2 aromatic rings. The zero-order valence-electron chi connectivity index (χ0n) is 19.4. The van der Waals surface area contributed by atoms with E-state index < -0.39 is 39.3 Å². The number of benzene rings is 2. The maximum atomic E-state index is 13.5. The van der Waals surface area contributed by atoms with E-state index in [0.717, 1.165) is 16.6 Å². The molecule has 2 rings (SSSR count). The Bertz CT molecular complexity index is 1190. The van der Waals surface area contributed by atoms with Crippen LogP contribution in [-0.4, -0.2) is 55.4 Å². The number of rotatable bonds is 11.